The summed E-state index contributed by atoms with van der Waals surface area (Å²) in [5, 5.41) is 6.80. The smallest absolute Gasteiger partial charge is 0.191 e. The van der Waals surface area contributed by atoms with Gasteiger partial charge in [0.05, 0.1) is 7.11 Å². The second-order valence-corrected chi connectivity index (χ2v) is 5.83. The minimum atomic E-state index is 0. The molecule has 22 heavy (non-hydrogen) atoms. The zero-order valence-corrected chi connectivity index (χ0v) is 16.3. The number of hydrogen-bond acceptors (Lipinski definition) is 2. The van der Waals surface area contributed by atoms with Gasteiger partial charge in [0.1, 0.15) is 5.75 Å². The highest BCUT2D eigenvalue weighted by atomic mass is 127. The lowest BCUT2D eigenvalue weighted by Gasteiger charge is -2.15. The van der Waals surface area contributed by atoms with Crippen LogP contribution in [-0.4, -0.2) is 32.2 Å². The van der Waals surface area contributed by atoms with Crippen LogP contribution >= 0.6 is 24.0 Å². The van der Waals surface area contributed by atoms with Gasteiger partial charge in [0, 0.05) is 25.0 Å². The van der Waals surface area contributed by atoms with Gasteiger partial charge >= 0.3 is 0 Å². The first-order chi connectivity index (χ1) is 10.2. The average molecular weight is 417 g/mol. The summed E-state index contributed by atoms with van der Waals surface area (Å²) < 4.78 is 5.43. The van der Waals surface area contributed by atoms with E-state index in [2.05, 4.69) is 37.5 Å². The molecule has 1 aromatic carbocycles. The lowest BCUT2D eigenvalue weighted by atomic mass is 10.0. The first-order valence-corrected chi connectivity index (χ1v) is 7.83. The molecule has 1 aromatic rings. The van der Waals surface area contributed by atoms with Crippen LogP contribution < -0.4 is 15.4 Å². The second kappa shape index (κ2) is 9.22. The van der Waals surface area contributed by atoms with Gasteiger partial charge in [-0.05, 0) is 30.9 Å². The molecule has 1 aliphatic carbocycles. The molecule has 4 nitrogen and oxygen atoms in total. The highest BCUT2D eigenvalue weighted by Crippen LogP contribution is 2.29. The minimum Gasteiger partial charge on any atom is -0.496 e. The molecule has 0 aliphatic heterocycles. The summed E-state index contributed by atoms with van der Waals surface area (Å²) in [6, 6.07) is 8.75. The highest BCUT2D eigenvalue weighted by Gasteiger charge is 2.33. The number of para-hydroxylation sites is 1. The molecule has 0 aromatic heterocycles. The molecule has 0 saturated heterocycles. The lowest BCUT2D eigenvalue weighted by Crippen LogP contribution is -2.39. The van der Waals surface area contributed by atoms with E-state index in [1.807, 2.05) is 18.2 Å². The summed E-state index contributed by atoms with van der Waals surface area (Å²) in [4.78, 5) is 4.72. The molecule has 3 atom stereocenters. The predicted molar refractivity (Wildman–Crippen MR) is 104 cm³/mol. The van der Waals surface area contributed by atoms with Gasteiger partial charge in [-0.1, -0.05) is 32.0 Å². The number of hydrogen-bond donors (Lipinski definition) is 2. The van der Waals surface area contributed by atoms with Crippen molar-refractivity contribution < 1.29 is 4.74 Å². The maximum atomic E-state index is 5.43. The van der Waals surface area contributed by atoms with Crippen LogP contribution in [0, 0.1) is 5.92 Å². The van der Waals surface area contributed by atoms with Crippen molar-refractivity contribution >= 4 is 29.9 Å². The fourth-order valence-corrected chi connectivity index (χ4v) is 2.42. The van der Waals surface area contributed by atoms with Gasteiger partial charge in [-0.25, -0.2) is 0 Å². The van der Waals surface area contributed by atoms with Crippen molar-refractivity contribution in [3.05, 3.63) is 29.8 Å². The third-order valence-electron chi connectivity index (χ3n) is 3.97. The predicted octanol–water partition coefficient (Wildman–Crippen LogP) is 3.38. The standard InChI is InChI=1S/C17H27N3O.HI/c1-5-18-17(20-15-10-12(15)2)19-11-13(3)14-8-6-7-9-16(14)21-4;/h6-9,12-13,15H,5,10-11H2,1-4H3,(H2,18,19,20);1H. The Morgan fingerprint density at radius 1 is 1.41 bits per heavy atom. The third-order valence-corrected chi connectivity index (χ3v) is 3.97. The normalized spacial score (nSPS) is 21.5. The Bertz CT molecular complexity index is 493. The second-order valence-electron chi connectivity index (χ2n) is 5.83. The van der Waals surface area contributed by atoms with E-state index in [9.17, 15) is 0 Å². The summed E-state index contributed by atoms with van der Waals surface area (Å²) in [6.45, 7) is 8.17. The van der Waals surface area contributed by atoms with Gasteiger partial charge in [0.15, 0.2) is 5.96 Å². The molecule has 0 heterocycles. The molecular weight excluding hydrogens is 389 g/mol. The van der Waals surface area contributed by atoms with Gasteiger partial charge in [-0.3, -0.25) is 4.99 Å². The molecule has 5 heteroatoms. The summed E-state index contributed by atoms with van der Waals surface area (Å²) in [6.07, 6.45) is 1.24. The van der Waals surface area contributed by atoms with E-state index in [1.165, 1.54) is 12.0 Å². The fraction of sp³-hybridized carbons (Fsp3) is 0.588. The van der Waals surface area contributed by atoms with Crippen LogP contribution in [0.25, 0.3) is 0 Å². The van der Waals surface area contributed by atoms with E-state index >= 15 is 0 Å². The number of rotatable bonds is 6. The Hall–Kier alpha value is -0.980. The van der Waals surface area contributed by atoms with Crippen molar-refractivity contribution in [3.63, 3.8) is 0 Å². The minimum absolute atomic E-state index is 0. The molecule has 1 aliphatic rings. The van der Waals surface area contributed by atoms with Crippen molar-refractivity contribution in [3.8, 4) is 5.75 Å². The first kappa shape index (κ1) is 19.1. The zero-order chi connectivity index (χ0) is 15.2. The maximum Gasteiger partial charge on any atom is 0.191 e. The molecule has 0 radical (unpaired) electrons. The zero-order valence-electron chi connectivity index (χ0n) is 13.9. The number of nitrogens with one attached hydrogen (secondary N) is 2. The van der Waals surface area contributed by atoms with Gasteiger partial charge in [-0.15, -0.1) is 24.0 Å². The van der Waals surface area contributed by atoms with E-state index in [0.717, 1.165) is 30.7 Å². The van der Waals surface area contributed by atoms with Crippen LogP contribution in [0.4, 0.5) is 0 Å². The van der Waals surface area contributed by atoms with E-state index in [-0.39, 0.29) is 24.0 Å². The van der Waals surface area contributed by atoms with E-state index in [4.69, 9.17) is 9.73 Å². The van der Waals surface area contributed by atoms with Gasteiger partial charge in [0.25, 0.3) is 0 Å². The van der Waals surface area contributed by atoms with Crippen molar-refractivity contribution in [2.45, 2.75) is 39.2 Å². The molecule has 1 saturated carbocycles. The molecule has 2 rings (SSSR count). The number of nitrogens with zero attached hydrogens (tertiary/aromatic N) is 1. The van der Waals surface area contributed by atoms with Crippen molar-refractivity contribution in [2.24, 2.45) is 10.9 Å². The summed E-state index contributed by atoms with van der Waals surface area (Å²) in [5.74, 6) is 2.95. The van der Waals surface area contributed by atoms with Crippen molar-refractivity contribution in [2.75, 3.05) is 20.2 Å². The lowest BCUT2D eigenvalue weighted by molar-refractivity contribution is 0.407. The number of methoxy groups -OCH3 is 1. The maximum absolute atomic E-state index is 5.43. The number of ether oxygens (including phenoxy) is 1. The first-order valence-electron chi connectivity index (χ1n) is 7.83. The van der Waals surface area contributed by atoms with Crippen LogP contribution in [0.3, 0.4) is 0 Å². The number of guanidine groups is 1. The largest absolute Gasteiger partial charge is 0.496 e. The van der Waals surface area contributed by atoms with Crippen LogP contribution in [0.15, 0.2) is 29.3 Å². The van der Waals surface area contributed by atoms with Crippen LogP contribution in [0.5, 0.6) is 5.75 Å². The summed E-state index contributed by atoms with van der Waals surface area (Å²) in [5.41, 5.74) is 1.21. The number of aliphatic imine (C=N–C) groups is 1. The molecule has 1 fully saturated rings. The molecule has 124 valence electrons. The third kappa shape index (κ3) is 5.34. The SMILES string of the molecule is CCNC(=NCC(C)c1ccccc1OC)NC1CC1C.I. The average Bonchev–Trinajstić information content (AvgIpc) is 3.19. The number of benzene rings is 1. The van der Waals surface area contributed by atoms with Gasteiger partial charge in [-0.2, -0.15) is 0 Å². The molecule has 0 amide bonds. The Kier molecular flexibility index (Phi) is 8.00. The van der Waals surface area contributed by atoms with Gasteiger partial charge in [0.2, 0.25) is 0 Å². The molecule has 0 bridgehead atoms. The quantitative estimate of drug-likeness (QED) is 0.424. The van der Waals surface area contributed by atoms with Crippen LogP contribution in [-0.2, 0) is 0 Å². The molecule has 3 unspecified atom stereocenters. The van der Waals surface area contributed by atoms with Crippen molar-refractivity contribution in [1.82, 2.24) is 10.6 Å². The molecule has 2 N–H and O–H groups in total. The topological polar surface area (TPSA) is 45.7 Å². The molecule has 0 spiro atoms. The Morgan fingerprint density at radius 2 is 2.09 bits per heavy atom. The Labute approximate surface area is 151 Å². The summed E-state index contributed by atoms with van der Waals surface area (Å²) in [7, 11) is 1.72. The van der Waals surface area contributed by atoms with Crippen LogP contribution in [0.2, 0.25) is 0 Å². The number of halogens is 1. The molecular formula is C17H28IN3O. The van der Waals surface area contributed by atoms with E-state index < -0.39 is 0 Å². The van der Waals surface area contributed by atoms with E-state index in [0.29, 0.717) is 12.0 Å². The van der Waals surface area contributed by atoms with Gasteiger partial charge < -0.3 is 15.4 Å². The Balaban J connectivity index is 0.00000242. The monoisotopic (exact) mass is 417 g/mol. The highest BCUT2D eigenvalue weighted by molar-refractivity contribution is 14.0. The Morgan fingerprint density at radius 3 is 2.68 bits per heavy atom. The van der Waals surface area contributed by atoms with E-state index in [1.54, 1.807) is 7.11 Å². The van der Waals surface area contributed by atoms with Crippen LogP contribution in [0.1, 0.15) is 38.7 Å². The fourth-order valence-electron chi connectivity index (χ4n) is 2.42. The summed E-state index contributed by atoms with van der Waals surface area (Å²) >= 11 is 0. The van der Waals surface area contributed by atoms with Crippen molar-refractivity contribution in [1.29, 1.82) is 0 Å².